The molecule has 0 aromatic heterocycles. The van der Waals surface area contributed by atoms with Crippen molar-refractivity contribution in [2.45, 2.75) is 12.2 Å². The average molecular weight is 372 g/mol. The largest absolute Gasteiger partial charge is 0.493 e. The first kappa shape index (κ1) is 21.7. The van der Waals surface area contributed by atoms with Gasteiger partial charge in [-0.25, -0.2) is 4.79 Å². The molecule has 0 bridgehead atoms. The highest BCUT2D eigenvalue weighted by Gasteiger charge is 2.15. The highest BCUT2D eigenvalue weighted by atomic mass is 16.6. The Morgan fingerprint density at radius 2 is 1.73 bits per heavy atom. The molecule has 0 fully saturated rings. The summed E-state index contributed by atoms with van der Waals surface area (Å²) in [4.78, 5) is 11.8. The topological polar surface area (TPSA) is 135 Å². The molecule has 1 rings (SSSR count). The van der Waals surface area contributed by atoms with Crippen LogP contribution in [0.1, 0.15) is 5.56 Å². The molecule has 9 heteroatoms. The molecule has 0 saturated carbocycles. The zero-order chi connectivity index (χ0) is 19.5. The molecule has 0 radical (unpaired) electrons. The summed E-state index contributed by atoms with van der Waals surface area (Å²) in [7, 11) is 2.61. The molecule has 0 aliphatic carbocycles. The van der Waals surface area contributed by atoms with Gasteiger partial charge in [0, 0.05) is 0 Å². The third kappa shape index (κ3) is 6.89. The molecule has 0 aliphatic heterocycles. The summed E-state index contributed by atoms with van der Waals surface area (Å²) in [5, 5.41) is 36.3. The molecular formula is C17H24O9. The highest BCUT2D eigenvalue weighted by molar-refractivity contribution is 5.91. The van der Waals surface area contributed by atoms with E-state index in [1.54, 1.807) is 18.2 Å². The maximum absolute atomic E-state index is 11.8. The predicted octanol–water partition coefficient (Wildman–Crippen LogP) is -0.689. The van der Waals surface area contributed by atoms with Crippen LogP contribution in [0.5, 0.6) is 11.5 Å². The summed E-state index contributed by atoms with van der Waals surface area (Å²) in [5.41, 5.74) is 0.524. The molecule has 9 nitrogen and oxygen atoms in total. The molecule has 1 aromatic rings. The molecule has 0 saturated heterocycles. The number of carbonyl (C=O) groups is 1. The van der Waals surface area contributed by atoms with Gasteiger partial charge >= 0.3 is 5.97 Å². The number of aliphatic hydroxyl groups is 4. The van der Waals surface area contributed by atoms with Crippen molar-refractivity contribution in [3.63, 3.8) is 0 Å². The minimum absolute atomic E-state index is 0.113. The van der Waals surface area contributed by atoms with Gasteiger partial charge in [-0.2, -0.15) is 0 Å². The van der Waals surface area contributed by atoms with Crippen molar-refractivity contribution in [1.82, 2.24) is 0 Å². The van der Waals surface area contributed by atoms with Crippen LogP contribution < -0.4 is 9.47 Å². The van der Waals surface area contributed by atoms with Crippen LogP contribution in [0.3, 0.4) is 0 Å². The summed E-state index contributed by atoms with van der Waals surface area (Å²) in [6.07, 6.45) is -0.770. The van der Waals surface area contributed by atoms with E-state index in [0.29, 0.717) is 17.1 Å². The molecule has 0 heterocycles. The van der Waals surface area contributed by atoms with E-state index in [1.165, 1.54) is 20.3 Å². The Labute approximate surface area is 151 Å². The zero-order valence-electron chi connectivity index (χ0n) is 14.6. The molecule has 1 aromatic carbocycles. The first-order valence-electron chi connectivity index (χ1n) is 7.76. The van der Waals surface area contributed by atoms with Gasteiger partial charge in [-0.15, -0.1) is 0 Å². The number of carbonyl (C=O) groups excluding carboxylic acids is 1. The van der Waals surface area contributed by atoms with Crippen molar-refractivity contribution >= 4 is 12.0 Å². The zero-order valence-corrected chi connectivity index (χ0v) is 14.6. The SMILES string of the molecule is COC(=O)C(=Cc1ccc(OCC(O)CO)c(OC)c1)OCC(O)CO. The minimum Gasteiger partial charge on any atom is -0.493 e. The second-order valence-corrected chi connectivity index (χ2v) is 5.21. The maximum Gasteiger partial charge on any atom is 0.373 e. The van der Waals surface area contributed by atoms with Gasteiger partial charge in [0.15, 0.2) is 11.5 Å². The normalized spacial score (nSPS) is 13.7. The number of aliphatic hydroxyl groups excluding tert-OH is 4. The molecule has 0 amide bonds. The van der Waals surface area contributed by atoms with Crippen molar-refractivity contribution in [1.29, 1.82) is 0 Å². The van der Waals surface area contributed by atoms with Gasteiger partial charge in [0.1, 0.15) is 25.4 Å². The Hall–Kier alpha value is -2.33. The molecular weight excluding hydrogens is 348 g/mol. The van der Waals surface area contributed by atoms with Crippen LogP contribution in [-0.2, 0) is 14.3 Å². The average Bonchev–Trinajstić information content (AvgIpc) is 2.68. The van der Waals surface area contributed by atoms with Crippen molar-refractivity contribution < 1.29 is 44.2 Å². The number of ether oxygens (including phenoxy) is 4. The van der Waals surface area contributed by atoms with Crippen molar-refractivity contribution in [3.8, 4) is 11.5 Å². The fraction of sp³-hybridized carbons (Fsp3) is 0.471. The van der Waals surface area contributed by atoms with E-state index in [4.69, 9.17) is 24.4 Å². The first-order valence-corrected chi connectivity index (χ1v) is 7.76. The molecule has 146 valence electrons. The summed E-state index contributed by atoms with van der Waals surface area (Å²) < 4.78 is 20.4. The van der Waals surface area contributed by atoms with Gasteiger partial charge in [-0.3, -0.25) is 0 Å². The number of rotatable bonds is 11. The van der Waals surface area contributed by atoms with Crippen molar-refractivity contribution in [2.24, 2.45) is 0 Å². The third-order valence-electron chi connectivity index (χ3n) is 3.16. The number of methoxy groups -OCH3 is 2. The van der Waals surface area contributed by atoms with Crippen LogP contribution in [0.15, 0.2) is 24.0 Å². The van der Waals surface area contributed by atoms with E-state index in [1.807, 2.05) is 0 Å². The molecule has 2 atom stereocenters. The highest BCUT2D eigenvalue weighted by Crippen LogP contribution is 2.29. The Morgan fingerprint density at radius 1 is 1.08 bits per heavy atom. The lowest BCUT2D eigenvalue weighted by atomic mass is 10.1. The molecule has 0 spiro atoms. The monoisotopic (exact) mass is 372 g/mol. The van der Waals surface area contributed by atoms with Crippen LogP contribution >= 0.6 is 0 Å². The second-order valence-electron chi connectivity index (χ2n) is 5.21. The van der Waals surface area contributed by atoms with Crippen LogP contribution in [-0.4, -0.2) is 79.3 Å². The second kappa shape index (κ2) is 11.3. The Morgan fingerprint density at radius 3 is 2.31 bits per heavy atom. The standard InChI is InChI=1S/C17H24O9/c1-23-15-5-11(3-4-14(15)25-9-12(20)7-18)6-16(17(22)24-2)26-10-13(21)8-19/h3-6,12-13,18-21H,7-10H2,1-2H3. The summed E-state index contributed by atoms with van der Waals surface area (Å²) >= 11 is 0. The Balaban J connectivity index is 2.99. The fourth-order valence-electron chi connectivity index (χ4n) is 1.78. The maximum atomic E-state index is 11.8. The smallest absolute Gasteiger partial charge is 0.373 e. The summed E-state index contributed by atoms with van der Waals surface area (Å²) in [6, 6.07) is 4.74. The number of hydrogen-bond acceptors (Lipinski definition) is 9. The first-order chi connectivity index (χ1) is 12.4. The fourth-order valence-corrected chi connectivity index (χ4v) is 1.78. The van der Waals surface area contributed by atoms with Crippen LogP contribution in [0.25, 0.3) is 6.08 Å². The lowest BCUT2D eigenvalue weighted by Gasteiger charge is -2.14. The van der Waals surface area contributed by atoms with Gasteiger partial charge in [0.05, 0.1) is 27.4 Å². The van der Waals surface area contributed by atoms with Crippen LogP contribution in [0, 0.1) is 0 Å². The predicted molar refractivity (Wildman–Crippen MR) is 90.6 cm³/mol. The Kier molecular flexibility index (Phi) is 9.45. The minimum atomic E-state index is -1.13. The lowest BCUT2D eigenvalue weighted by molar-refractivity contribution is -0.140. The molecule has 0 aliphatic rings. The van der Waals surface area contributed by atoms with Gasteiger partial charge < -0.3 is 39.4 Å². The molecule has 2 unspecified atom stereocenters. The number of benzene rings is 1. The third-order valence-corrected chi connectivity index (χ3v) is 3.16. The summed E-state index contributed by atoms with van der Waals surface area (Å²) in [6.45, 7) is -1.33. The Bertz CT molecular complexity index is 600. The van der Waals surface area contributed by atoms with Crippen molar-refractivity contribution in [3.05, 3.63) is 29.5 Å². The van der Waals surface area contributed by atoms with Gasteiger partial charge in [0.2, 0.25) is 5.76 Å². The van der Waals surface area contributed by atoms with Crippen LogP contribution in [0.4, 0.5) is 0 Å². The van der Waals surface area contributed by atoms with E-state index in [0.717, 1.165) is 0 Å². The van der Waals surface area contributed by atoms with Gasteiger partial charge in [0.25, 0.3) is 0 Å². The van der Waals surface area contributed by atoms with Crippen molar-refractivity contribution in [2.75, 3.05) is 40.6 Å². The van der Waals surface area contributed by atoms with Gasteiger partial charge in [-0.1, -0.05) is 6.07 Å². The van der Waals surface area contributed by atoms with E-state index in [2.05, 4.69) is 4.74 Å². The number of esters is 1. The molecule has 26 heavy (non-hydrogen) atoms. The van der Waals surface area contributed by atoms with E-state index < -0.39 is 31.4 Å². The van der Waals surface area contributed by atoms with Gasteiger partial charge in [-0.05, 0) is 23.8 Å². The van der Waals surface area contributed by atoms with E-state index in [-0.39, 0.29) is 19.0 Å². The quantitative estimate of drug-likeness (QED) is 0.226. The van der Waals surface area contributed by atoms with E-state index in [9.17, 15) is 15.0 Å². The summed E-state index contributed by atoms with van der Waals surface area (Å²) in [5.74, 6) is -0.233. The molecule has 4 N–H and O–H groups in total. The van der Waals surface area contributed by atoms with Crippen LogP contribution in [0.2, 0.25) is 0 Å². The number of hydrogen-bond donors (Lipinski definition) is 4. The van der Waals surface area contributed by atoms with E-state index >= 15 is 0 Å². The lowest BCUT2D eigenvalue weighted by Crippen LogP contribution is -2.21.